The Kier molecular flexibility index (Phi) is 7.50. The number of carbonyl (C=O) groups excluding carboxylic acids is 1. The molecule has 4 rings (SSSR count). The molecule has 1 unspecified atom stereocenters. The second-order valence-electron chi connectivity index (χ2n) is 9.15. The van der Waals surface area contributed by atoms with Crippen LogP contribution in [0.15, 0.2) is 24.3 Å². The molecule has 3 fully saturated rings. The van der Waals surface area contributed by atoms with Crippen molar-refractivity contribution >= 4 is 11.6 Å². The number of amides is 1. The molecule has 1 aromatic rings. The molecule has 2 saturated heterocycles. The van der Waals surface area contributed by atoms with E-state index in [0.29, 0.717) is 11.7 Å². The minimum Gasteiger partial charge on any atom is -0.506 e. The highest BCUT2D eigenvalue weighted by atomic mass is 16.3. The SMILES string of the molecule is O=C(C1CCCCC1)N(CCN1CCN(c2ccccc2O)CC1)C1CCCCN1. The summed E-state index contributed by atoms with van der Waals surface area (Å²) in [5, 5.41) is 13.7. The third kappa shape index (κ3) is 5.27. The molecular formula is C24H38N4O2. The number of nitrogens with one attached hydrogen (secondary N) is 1. The quantitative estimate of drug-likeness (QED) is 0.749. The van der Waals surface area contributed by atoms with E-state index in [0.717, 1.165) is 70.8 Å². The number of hydrogen-bond donors (Lipinski definition) is 2. The lowest BCUT2D eigenvalue weighted by atomic mass is 9.88. The maximum Gasteiger partial charge on any atom is 0.226 e. The van der Waals surface area contributed by atoms with Crippen LogP contribution < -0.4 is 10.2 Å². The molecule has 2 heterocycles. The fourth-order valence-corrected chi connectivity index (χ4v) is 5.30. The molecule has 3 aliphatic rings. The van der Waals surface area contributed by atoms with Crippen LogP contribution >= 0.6 is 0 Å². The van der Waals surface area contributed by atoms with Gasteiger partial charge < -0.3 is 14.9 Å². The van der Waals surface area contributed by atoms with Crippen LogP contribution in [0.25, 0.3) is 0 Å². The largest absolute Gasteiger partial charge is 0.506 e. The zero-order valence-electron chi connectivity index (χ0n) is 18.3. The van der Waals surface area contributed by atoms with Crippen molar-refractivity contribution in [3.63, 3.8) is 0 Å². The van der Waals surface area contributed by atoms with Crippen LogP contribution in [-0.2, 0) is 4.79 Å². The van der Waals surface area contributed by atoms with E-state index in [-0.39, 0.29) is 12.1 Å². The number of aromatic hydroxyl groups is 1. The van der Waals surface area contributed by atoms with Gasteiger partial charge in [-0.3, -0.25) is 15.0 Å². The summed E-state index contributed by atoms with van der Waals surface area (Å²) in [6.07, 6.45) is 9.57. The lowest BCUT2D eigenvalue weighted by Crippen LogP contribution is -2.56. The van der Waals surface area contributed by atoms with Gasteiger partial charge in [0, 0.05) is 45.2 Å². The molecule has 2 aliphatic heterocycles. The first kappa shape index (κ1) is 21.4. The van der Waals surface area contributed by atoms with Crippen molar-refractivity contribution in [2.45, 2.75) is 57.5 Å². The lowest BCUT2D eigenvalue weighted by molar-refractivity contribution is -0.140. The third-order valence-electron chi connectivity index (χ3n) is 7.15. The molecule has 0 radical (unpaired) electrons. The molecule has 6 nitrogen and oxygen atoms in total. The molecular weight excluding hydrogens is 376 g/mol. The first-order valence-corrected chi connectivity index (χ1v) is 12.0. The lowest BCUT2D eigenvalue weighted by Gasteiger charge is -2.41. The summed E-state index contributed by atoms with van der Waals surface area (Å²) in [4.78, 5) is 20.3. The van der Waals surface area contributed by atoms with Gasteiger partial charge >= 0.3 is 0 Å². The van der Waals surface area contributed by atoms with Crippen LogP contribution in [0.3, 0.4) is 0 Å². The second kappa shape index (κ2) is 10.5. The normalized spacial score (nSPS) is 24.0. The molecule has 1 aromatic carbocycles. The summed E-state index contributed by atoms with van der Waals surface area (Å²) in [5.74, 6) is 0.987. The Balaban J connectivity index is 1.32. The van der Waals surface area contributed by atoms with Gasteiger partial charge in [-0.2, -0.15) is 0 Å². The Morgan fingerprint density at radius 1 is 1.00 bits per heavy atom. The van der Waals surface area contributed by atoms with Crippen LogP contribution in [0.1, 0.15) is 51.4 Å². The molecule has 1 saturated carbocycles. The maximum absolute atomic E-state index is 13.4. The van der Waals surface area contributed by atoms with Gasteiger partial charge in [0.15, 0.2) is 0 Å². The number of piperazine rings is 1. The van der Waals surface area contributed by atoms with Crippen molar-refractivity contribution in [3.8, 4) is 5.75 Å². The Hall–Kier alpha value is -1.79. The van der Waals surface area contributed by atoms with Crippen LogP contribution in [0.4, 0.5) is 5.69 Å². The molecule has 0 aromatic heterocycles. The molecule has 1 atom stereocenters. The minimum atomic E-state index is 0.218. The summed E-state index contributed by atoms with van der Waals surface area (Å²) in [5.41, 5.74) is 0.928. The average molecular weight is 415 g/mol. The molecule has 30 heavy (non-hydrogen) atoms. The number of phenolic OH excluding ortho intramolecular Hbond substituents is 1. The third-order valence-corrected chi connectivity index (χ3v) is 7.15. The van der Waals surface area contributed by atoms with Gasteiger partial charge in [0.05, 0.1) is 11.9 Å². The monoisotopic (exact) mass is 414 g/mol. The summed E-state index contributed by atoms with van der Waals surface area (Å²) in [7, 11) is 0. The van der Waals surface area contributed by atoms with Crippen LogP contribution in [0, 0.1) is 5.92 Å². The van der Waals surface area contributed by atoms with Crippen LogP contribution in [0.2, 0.25) is 0 Å². The molecule has 0 bridgehead atoms. The predicted octanol–water partition coefficient (Wildman–Crippen LogP) is 3.02. The smallest absolute Gasteiger partial charge is 0.226 e. The first-order valence-electron chi connectivity index (χ1n) is 12.0. The number of para-hydroxylation sites is 2. The van der Waals surface area contributed by atoms with Gasteiger partial charge in [0.25, 0.3) is 0 Å². The topological polar surface area (TPSA) is 59.1 Å². The van der Waals surface area contributed by atoms with Crippen molar-refractivity contribution < 1.29 is 9.90 Å². The summed E-state index contributed by atoms with van der Waals surface area (Å²) in [6.45, 7) is 6.55. The summed E-state index contributed by atoms with van der Waals surface area (Å²) in [6, 6.07) is 7.59. The van der Waals surface area contributed by atoms with Crippen molar-refractivity contribution in [2.75, 3.05) is 50.7 Å². The van der Waals surface area contributed by atoms with Crippen molar-refractivity contribution in [2.24, 2.45) is 5.92 Å². The molecule has 6 heteroatoms. The highest BCUT2D eigenvalue weighted by molar-refractivity contribution is 5.79. The van der Waals surface area contributed by atoms with E-state index in [1.54, 1.807) is 6.07 Å². The minimum absolute atomic E-state index is 0.218. The Bertz CT molecular complexity index is 678. The van der Waals surface area contributed by atoms with E-state index in [1.165, 1.54) is 32.1 Å². The maximum atomic E-state index is 13.4. The van der Waals surface area contributed by atoms with Crippen LogP contribution in [0.5, 0.6) is 5.75 Å². The number of anilines is 1. The van der Waals surface area contributed by atoms with Crippen molar-refractivity contribution in [1.82, 2.24) is 15.1 Å². The number of nitrogens with zero attached hydrogens (tertiary/aromatic N) is 3. The van der Waals surface area contributed by atoms with Crippen LogP contribution in [-0.4, -0.2) is 72.8 Å². The van der Waals surface area contributed by atoms with E-state index < -0.39 is 0 Å². The fraction of sp³-hybridized carbons (Fsp3) is 0.708. The van der Waals surface area contributed by atoms with E-state index >= 15 is 0 Å². The number of rotatable bonds is 6. The van der Waals surface area contributed by atoms with E-state index in [9.17, 15) is 9.90 Å². The highest BCUT2D eigenvalue weighted by Gasteiger charge is 2.31. The Morgan fingerprint density at radius 3 is 2.43 bits per heavy atom. The summed E-state index contributed by atoms with van der Waals surface area (Å²) >= 11 is 0. The van der Waals surface area contributed by atoms with Crippen molar-refractivity contribution in [3.05, 3.63) is 24.3 Å². The van der Waals surface area contributed by atoms with Crippen molar-refractivity contribution in [1.29, 1.82) is 0 Å². The van der Waals surface area contributed by atoms with Gasteiger partial charge in [0.2, 0.25) is 5.91 Å². The Morgan fingerprint density at radius 2 is 1.73 bits per heavy atom. The molecule has 1 aliphatic carbocycles. The average Bonchev–Trinajstić information content (AvgIpc) is 2.81. The molecule has 2 N–H and O–H groups in total. The number of benzene rings is 1. The molecule has 166 valence electrons. The zero-order chi connectivity index (χ0) is 20.8. The number of phenols is 1. The summed E-state index contributed by atoms with van der Waals surface area (Å²) < 4.78 is 0. The van der Waals surface area contributed by atoms with Gasteiger partial charge in [-0.1, -0.05) is 31.4 Å². The van der Waals surface area contributed by atoms with E-state index in [1.807, 2.05) is 18.2 Å². The predicted molar refractivity (Wildman–Crippen MR) is 121 cm³/mol. The van der Waals surface area contributed by atoms with E-state index in [4.69, 9.17) is 0 Å². The van der Waals surface area contributed by atoms with Gasteiger partial charge in [0.1, 0.15) is 5.75 Å². The standard InChI is InChI=1S/C24H38N4O2/c29-22-11-5-4-10-21(22)27-17-14-26(15-18-27)16-19-28(23-12-6-7-13-25-23)24(30)20-8-2-1-3-9-20/h4-5,10-11,20,23,25,29H,1-3,6-9,12-19H2. The number of piperidine rings is 1. The number of carbonyl (C=O) groups is 1. The molecule has 0 spiro atoms. The first-order chi connectivity index (χ1) is 14.7. The van der Waals surface area contributed by atoms with Gasteiger partial charge in [-0.25, -0.2) is 0 Å². The number of hydrogen-bond acceptors (Lipinski definition) is 5. The van der Waals surface area contributed by atoms with E-state index in [2.05, 4.69) is 20.0 Å². The van der Waals surface area contributed by atoms with Gasteiger partial charge in [-0.15, -0.1) is 0 Å². The highest BCUT2D eigenvalue weighted by Crippen LogP contribution is 2.28. The molecule has 1 amide bonds. The fourth-order valence-electron chi connectivity index (χ4n) is 5.30. The zero-order valence-corrected chi connectivity index (χ0v) is 18.3. The Labute approximate surface area is 181 Å². The van der Waals surface area contributed by atoms with Gasteiger partial charge in [-0.05, 0) is 50.8 Å². The second-order valence-corrected chi connectivity index (χ2v) is 9.15.